The summed E-state index contributed by atoms with van der Waals surface area (Å²) in [6.45, 7) is 9.50. The highest BCUT2D eigenvalue weighted by Gasteiger charge is 2.56. The van der Waals surface area contributed by atoms with E-state index in [1.165, 1.54) is 17.0 Å². The summed E-state index contributed by atoms with van der Waals surface area (Å²) < 4.78 is 132. The summed E-state index contributed by atoms with van der Waals surface area (Å²) in [5.74, 6) is -2.76. The number of nitrogens with one attached hydrogen (secondary N) is 3. The zero-order valence-corrected chi connectivity index (χ0v) is 43.1. The summed E-state index contributed by atoms with van der Waals surface area (Å²) in [6, 6.07) is 2.32. The van der Waals surface area contributed by atoms with Gasteiger partial charge in [-0.2, -0.15) is 39.5 Å². The van der Waals surface area contributed by atoms with E-state index in [9.17, 15) is 63.5 Å². The Labute approximate surface area is 435 Å². The fourth-order valence-electron chi connectivity index (χ4n) is 12.6. The molecular weight excluding hydrogens is 1020 g/mol. The second-order valence-corrected chi connectivity index (χ2v) is 21.9. The first kappa shape index (κ1) is 58.3. The second kappa shape index (κ2) is 22.9. The number of halogens is 9. The van der Waals surface area contributed by atoms with Gasteiger partial charge in [-0.25, -0.2) is 9.59 Å². The van der Waals surface area contributed by atoms with Gasteiger partial charge in [-0.05, 0) is 123 Å². The first-order valence-corrected chi connectivity index (χ1v) is 26.0. The molecule has 76 heavy (non-hydrogen) atoms. The van der Waals surface area contributed by atoms with E-state index >= 15 is 0 Å². The van der Waals surface area contributed by atoms with Gasteiger partial charge in [0.2, 0.25) is 11.8 Å². The molecule has 24 heteroatoms. The van der Waals surface area contributed by atoms with Gasteiger partial charge in [0.1, 0.15) is 0 Å². The summed E-state index contributed by atoms with van der Waals surface area (Å²) in [5, 5.41) is 8.82. The van der Waals surface area contributed by atoms with Crippen molar-refractivity contribution in [2.45, 2.75) is 160 Å². The van der Waals surface area contributed by atoms with Crippen molar-refractivity contribution in [3.8, 4) is 0 Å². The number of benzene rings is 2. The molecule has 422 valence electrons. The summed E-state index contributed by atoms with van der Waals surface area (Å²) >= 11 is 0. The van der Waals surface area contributed by atoms with Crippen molar-refractivity contribution in [2.75, 3.05) is 39.5 Å². The minimum absolute atomic E-state index is 0.0253. The number of ether oxygens (including phenoxy) is 2. The first-order valence-electron chi connectivity index (χ1n) is 26.0. The zero-order chi connectivity index (χ0) is 55.7. The van der Waals surface area contributed by atoms with Gasteiger partial charge in [-0.15, -0.1) is 0 Å². The predicted octanol–water partition coefficient (Wildman–Crippen LogP) is 8.24. The number of hydrogen-bond acceptors (Lipinski definition) is 8. The Morgan fingerprint density at radius 2 is 1.04 bits per heavy atom. The van der Waals surface area contributed by atoms with E-state index in [2.05, 4.69) is 16.0 Å². The van der Waals surface area contributed by atoms with Crippen LogP contribution in [0.1, 0.15) is 137 Å². The van der Waals surface area contributed by atoms with Crippen LogP contribution in [0.4, 0.5) is 49.1 Å². The van der Waals surface area contributed by atoms with Crippen LogP contribution in [0.5, 0.6) is 0 Å². The van der Waals surface area contributed by atoms with E-state index in [0.717, 1.165) is 61.6 Å². The number of carbonyl (C=O) groups is 5. The van der Waals surface area contributed by atoms with Gasteiger partial charge >= 0.3 is 36.5 Å². The van der Waals surface area contributed by atoms with Crippen LogP contribution in [0.2, 0.25) is 0 Å². The molecule has 0 aromatic heterocycles. The van der Waals surface area contributed by atoms with Crippen LogP contribution in [-0.4, -0.2) is 114 Å². The van der Waals surface area contributed by atoms with Gasteiger partial charge in [-0.1, -0.05) is 39.8 Å². The Bertz CT molecular complexity index is 2450. The molecule has 4 fully saturated rings. The fourth-order valence-corrected chi connectivity index (χ4v) is 12.6. The van der Waals surface area contributed by atoms with Crippen LogP contribution >= 0.6 is 0 Å². The number of urea groups is 2. The average Bonchev–Trinajstić information content (AvgIpc) is 4.00. The molecule has 6 atom stereocenters. The molecule has 8 rings (SSSR count). The van der Waals surface area contributed by atoms with Crippen LogP contribution < -0.4 is 27.4 Å². The fraction of sp³-hybridized carbons (Fsp3) is 0.673. The van der Waals surface area contributed by atoms with Gasteiger partial charge in [0, 0.05) is 76.8 Å². The van der Waals surface area contributed by atoms with Gasteiger partial charge < -0.3 is 51.6 Å². The Hall–Kier alpha value is -5.36. The third kappa shape index (κ3) is 12.8. The average molecular weight is 1090 g/mol. The van der Waals surface area contributed by atoms with Crippen LogP contribution in [0.15, 0.2) is 36.4 Å². The van der Waals surface area contributed by atoms with Gasteiger partial charge in [0.25, 0.3) is 0 Å². The molecule has 0 radical (unpaired) electrons. The van der Waals surface area contributed by atoms with Crippen LogP contribution in [0.3, 0.4) is 0 Å². The van der Waals surface area contributed by atoms with E-state index in [1.54, 1.807) is 18.7 Å². The molecular formula is C52H69F9N8O7. The smallest absolute Gasteiger partial charge is 0.381 e. The van der Waals surface area contributed by atoms with Crippen LogP contribution in [-0.2, 0) is 49.3 Å². The van der Waals surface area contributed by atoms with E-state index in [1.807, 2.05) is 13.8 Å². The lowest BCUT2D eigenvalue weighted by Crippen LogP contribution is -2.55. The Morgan fingerprint density at radius 1 is 0.605 bits per heavy atom. The molecule has 2 aliphatic carbocycles. The molecule has 0 spiro atoms. The second-order valence-electron chi connectivity index (χ2n) is 21.9. The number of rotatable bonds is 10. The van der Waals surface area contributed by atoms with Crippen molar-refractivity contribution in [3.63, 3.8) is 0 Å². The highest BCUT2D eigenvalue weighted by atomic mass is 19.4. The molecule has 15 nitrogen and oxygen atoms in total. The first-order chi connectivity index (χ1) is 35.5. The highest BCUT2D eigenvalue weighted by molar-refractivity contribution is 5.86. The third-order valence-corrected chi connectivity index (χ3v) is 16.7. The molecule has 2 saturated heterocycles. The number of primary amides is 2. The maximum Gasteiger partial charge on any atom is 0.471 e. The van der Waals surface area contributed by atoms with Gasteiger partial charge in [0.15, 0.2) is 0 Å². The minimum atomic E-state index is -5.09. The number of nitrogens with zero attached hydrogens (tertiary/aromatic N) is 3. The topological polar surface area (TPSA) is 202 Å². The zero-order valence-electron chi connectivity index (χ0n) is 43.1. The van der Waals surface area contributed by atoms with Crippen molar-refractivity contribution in [1.29, 1.82) is 0 Å². The largest absolute Gasteiger partial charge is 0.471 e. The van der Waals surface area contributed by atoms with Crippen molar-refractivity contribution >= 4 is 29.8 Å². The predicted molar refractivity (Wildman–Crippen MR) is 258 cm³/mol. The monoisotopic (exact) mass is 1090 g/mol. The number of carbonyl (C=O) groups excluding carboxylic acids is 5. The van der Waals surface area contributed by atoms with Gasteiger partial charge in [0.05, 0.1) is 34.0 Å². The standard InChI is InChI=1S/C27H34F6N4O4.C25H35F3N4O3/c1-15(2)25(8-5-19(12-25)37(23(39)27(31,32)33)18-6-9-41-10-7-18)22(38)36-13-16-11-17(26(28,29)30)3-4-20(16)21(14-36)35-24(34)40;1-15(2)24(8-5-19(12-24)30-18-6-9-35-10-7-18)22(33)32-13-16-11-17(25(26,27)28)3-4-20(16)21(14-32)31-23(29)34/h3-4,11,15,18-19,21H,5-10,12-14H2,1-2H3,(H3,34,35,40);3-4,11,15,18-19,21,30H,5-10,12-14H2,1-2H3,(H3,29,31,34)/t19-,21?,25+;19-,21?,24+/m11/s1. The molecule has 7 amide bonds. The highest BCUT2D eigenvalue weighted by Crippen LogP contribution is 2.51. The minimum Gasteiger partial charge on any atom is -0.381 e. The maximum atomic E-state index is 14.2. The molecule has 2 unspecified atom stereocenters. The number of nitrogens with two attached hydrogens (primary N) is 2. The van der Waals surface area contributed by atoms with Crippen molar-refractivity contribution in [1.82, 2.24) is 30.7 Å². The van der Waals surface area contributed by atoms with E-state index < -0.39 is 88.5 Å². The summed E-state index contributed by atoms with van der Waals surface area (Å²) in [6.07, 6.45) is -9.25. The van der Waals surface area contributed by atoms with Crippen LogP contribution in [0.25, 0.3) is 0 Å². The third-order valence-electron chi connectivity index (χ3n) is 16.7. The maximum absolute atomic E-state index is 14.2. The molecule has 6 aliphatic rings. The number of alkyl halides is 9. The molecule has 2 aromatic rings. The van der Waals surface area contributed by atoms with Crippen LogP contribution in [0, 0.1) is 22.7 Å². The summed E-state index contributed by atoms with van der Waals surface area (Å²) in [7, 11) is 0. The number of fused-ring (bicyclic) bond motifs is 2. The number of amides is 7. The molecule has 4 aliphatic heterocycles. The number of hydrogen-bond donors (Lipinski definition) is 5. The SMILES string of the molecule is CC(C)[C@]1(C(=O)N2Cc3cc(C(F)(F)F)ccc3C(NC(N)=O)C2)CC[C@@H](N(C(=O)C(F)(F)F)C2CCOCC2)C1.CC(C)[C@]1(C(=O)N2Cc3cc(C(F)(F)F)ccc3C(NC(N)=O)C2)CC[C@@H](NC2CCOCC2)C1. The van der Waals surface area contributed by atoms with E-state index in [0.29, 0.717) is 35.6 Å². The quantitative estimate of drug-likeness (QED) is 0.146. The Balaban J connectivity index is 0.000000224. The normalized spacial score (nSPS) is 26.6. The lowest BCUT2D eigenvalue weighted by Gasteiger charge is -2.43. The van der Waals surface area contributed by atoms with Crippen molar-refractivity contribution in [3.05, 3.63) is 69.8 Å². The van der Waals surface area contributed by atoms with Crippen molar-refractivity contribution < 1.29 is 73.0 Å². The Morgan fingerprint density at radius 3 is 1.46 bits per heavy atom. The molecule has 7 N–H and O–H groups in total. The molecule has 2 saturated carbocycles. The lowest BCUT2D eigenvalue weighted by molar-refractivity contribution is -0.192. The lowest BCUT2D eigenvalue weighted by atomic mass is 9.73. The van der Waals surface area contributed by atoms with E-state index in [-0.39, 0.29) is 101 Å². The molecule has 2 aromatic carbocycles. The summed E-state index contributed by atoms with van der Waals surface area (Å²) in [5.41, 5.74) is 8.71. The molecule has 4 heterocycles. The molecule has 0 bridgehead atoms. The van der Waals surface area contributed by atoms with Crippen molar-refractivity contribution in [2.24, 2.45) is 34.1 Å². The van der Waals surface area contributed by atoms with E-state index in [4.69, 9.17) is 20.9 Å². The summed E-state index contributed by atoms with van der Waals surface area (Å²) in [4.78, 5) is 68.1. The van der Waals surface area contributed by atoms with Gasteiger partial charge in [-0.3, -0.25) is 14.4 Å². The Kier molecular flexibility index (Phi) is 17.6.